The predicted octanol–water partition coefficient (Wildman–Crippen LogP) is 2.38. The number of benzene rings is 1. The van der Waals surface area contributed by atoms with E-state index in [1.54, 1.807) is 18.2 Å². The van der Waals surface area contributed by atoms with Crippen molar-refractivity contribution >= 4 is 0 Å². The first-order valence-electron chi connectivity index (χ1n) is 5.76. The average Bonchev–Trinajstić information content (AvgIpc) is 2.69. The number of methoxy groups -OCH3 is 2. The van der Waals surface area contributed by atoms with Gasteiger partial charge in [-0.15, -0.1) is 0 Å². The van der Waals surface area contributed by atoms with E-state index in [9.17, 15) is 4.39 Å². The third-order valence-corrected chi connectivity index (χ3v) is 3.37. The molecule has 2 atom stereocenters. The minimum atomic E-state index is -1.43. The molecule has 0 radical (unpaired) electrons. The molecule has 3 nitrogen and oxygen atoms in total. The van der Waals surface area contributed by atoms with Crippen molar-refractivity contribution in [3.05, 3.63) is 23.8 Å². The van der Waals surface area contributed by atoms with Crippen LogP contribution in [0.25, 0.3) is 0 Å². The highest BCUT2D eigenvalue weighted by molar-refractivity contribution is 5.49. The molecule has 2 unspecified atom stereocenters. The molecule has 4 heteroatoms. The summed E-state index contributed by atoms with van der Waals surface area (Å²) in [5, 5.41) is 0. The van der Waals surface area contributed by atoms with Gasteiger partial charge in [-0.1, -0.05) is 6.07 Å². The van der Waals surface area contributed by atoms with Crippen LogP contribution in [0, 0.1) is 0 Å². The first-order chi connectivity index (χ1) is 8.10. The maximum atomic E-state index is 15.0. The third kappa shape index (κ3) is 2.09. The highest BCUT2D eigenvalue weighted by Gasteiger charge is 2.43. The first-order valence-corrected chi connectivity index (χ1v) is 5.76. The average molecular weight is 239 g/mol. The molecular formula is C13H18FNO2. The molecule has 0 aliphatic heterocycles. The Morgan fingerprint density at radius 2 is 1.88 bits per heavy atom. The Balaban J connectivity index is 2.49. The van der Waals surface area contributed by atoms with E-state index in [1.807, 2.05) is 0 Å². The van der Waals surface area contributed by atoms with Crippen molar-refractivity contribution in [3.63, 3.8) is 0 Å². The van der Waals surface area contributed by atoms with Crippen LogP contribution in [0.3, 0.4) is 0 Å². The lowest BCUT2D eigenvalue weighted by Crippen LogP contribution is -2.22. The molecule has 1 saturated carbocycles. The van der Waals surface area contributed by atoms with Gasteiger partial charge in [-0.25, -0.2) is 4.39 Å². The molecule has 0 bridgehead atoms. The molecule has 94 valence electrons. The molecule has 1 aliphatic carbocycles. The van der Waals surface area contributed by atoms with Crippen molar-refractivity contribution < 1.29 is 13.9 Å². The fourth-order valence-electron chi connectivity index (χ4n) is 2.55. The van der Waals surface area contributed by atoms with E-state index in [2.05, 4.69) is 0 Å². The largest absolute Gasteiger partial charge is 0.496 e. The minimum absolute atomic E-state index is 0.0883. The van der Waals surface area contributed by atoms with Crippen LogP contribution < -0.4 is 15.2 Å². The van der Waals surface area contributed by atoms with E-state index in [-0.39, 0.29) is 6.04 Å². The van der Waals surface area contributed by atoms with Crippen LogP contribution >= 0.6 is 0 Å². The maximum absolute atomic E-state index is 15.0. The lowest BCUT2D eigenvalue weighted by Gasteiger charge is -2.24. The molecule has 2 rings (SSSR count). The maximum Gasteiger partial charge on any atom is 0.144 e. The Kier molecular flexibility index (Phi) is 3.24. The standard InChI is InChI=1S/C13H18FNO2/c1-16-10-4-3-5-11(17-2)12(10)13(14)7-6-9(15)8-13/h3-5,9H,6-8,15H2,1-2H3. The molecule has 0 aromatic heterocycles. The van der Waals surface area contributed by atoms with Gasteiger partial charge in [0.05, 0.1) is 19.8 Å². The topological polar surface area (TPSA) is 44.5 Å². The zero-order valence-electron chi connectivity index (χ0n) is 10.2. The van der Waals surface area contributed by atoms with E-state index in [4.69, 9.17) is 15.2 Å². The summed E-state index contributed by atoms with van der Waals surface area (Å²) < 4.78 is 25.4. The number of hydrogen-bond donors (Lipinski definition) is 1. The van der Waals surface area contributed by atoms with Gasteiger partial charge in [-0.05, 0) is 25.0 Å². The van der Waals surface area contributed by atoms with Crippen molar-refractivity contribution in [1.82, 2.24) is 0 Å². The van der Waals surface area contributed by atoms with Gasteiger partial charge < -0.3 is 15.2 Å². The molecule has 1 aromatic rings. The SMILES string of the molecule is COc1cccc(OC)c1C1(F)CCC(N)C1. The summed E-state index contributed by atoms with van der Waals surface area (Å²) in [6.07, 6.45) is 1.44. The third-order valence-electron chi connectivity index (χ3n) is 3.37. The molecule has 0 spiro atoms. The van der Waals surface area contributed by atoms with Crippen LogP contribution in [0.2, 0.25) is 0 Å². The van der Waals surface area contributed by atoms with E-state index < -0.39 is 5.67 Å². The Labute approximate surface area is 101 Å². The lowest BCUT2D eigenvalue weighted by atomic mass is 9.92. The van der Waals surface area contributed by atoms with E-state index >= 15 is 0 Å². The monoisotopic (exact) mass is 239 g/mol. The smallest absolute Gasteiger partial charge is 0.144 e. The molecule has 0 saturated heterocycles. The van der Waals surface area contributed by atoms with Gasteiger partial charge in [0.25, 0.3) is 0 Å². The van der Waals surface area contributed by atoms with Crippen molar-refractivity contribution in [3.8, 4) is 11.5 Å². The second-order valence-corrected chi connectivity index (χ2v) is 4.51. The van der Waals surface area contributed by atoms with Gasteiger partial charge in [0.15, 0.2) is 0 Å². The lowest BCUT2D eigenvalue weighted by molar-refractivity contribution is 0.161. The fraction of sp³-hybridized carbons (Fsp3) is 0.538. The van der Waals surface area contributed by atoms with Gasteiger partial charge in [-0.3, -0.25) is 0 Å². The Morgan fingerprint density at radius 1 is 1.29 bits per heavy atom. The molecule has 0 heterocycles. The van der Waals surface area contributed by atoms with Crippen molar-refractivity contribution in [2.24, 2.45) is 5.73 Å². The zero-order valence-corrected chi connectivity index (χ0v) is 10.2. The summed E-state index contributed by atoms with van der Waals surface area (Å²) in [4.78, 5) is 0. The van der Waals surface area contributed by atoms with E-state index in [0.29, 0.717) is 36.3 Å². The molecule has 1 fully saturated rings. The Hall–Kier alpha value is -1.29. The zero-order chi connectivity index (χ0) is 12.5. The van der Waals surface area contributed by atoms with Gasteiger partial charge in [-0.2, -0.15) is 0 Å². The molecule has 17 heavy (non-hydrogen) atoms. The summed E-state index contributed by atoms with van der Waals surface area (Å²) in [5.74, 6) is 1.06. The van der Waals surface area contributed by atoms with Gasteiger partial charge >= 0.3 is 0 Å². The quantitative estimate of drug-likeness (QED) is 0.880. The van der Waals surface area contributed by atoms with Gasteiger partial charge in [0.1, 0.15) is 17.2 Å². The normalized spacial score (nSPS) is 28.1. The number of halogens is 1. The predicted molar refractivity (Wildman–Crippen MR) is 64.2 cm³/mol. The number of hydrogen-bond acceptors (Lipinski definition) is 3. The van der Waals surface area contributed by atoms with Crippen LogP contribution in [0.5, 0.6) is 11.5 Å². The van der Waals surface area contributed by atoms with Crippen molar-refractivity contribution in [1.29, 1.82) is 0 Å². The van der Waals surface area contributed by atoms with Gasteiger partial charge in [0, 0.05) is 12.5 Å². The summed E-state index contributed by atoms with van der Waals surface area (Å²) in [6, 6.07) is 5.21. The molecule has 2 N–H and O–H groups in total. The van der Waals surface area contributed by atoms with Crippen LogP contribution in [-0.2, 0) is 5.67 Å². The number of rotatable bonds is 3. The number of ether oxygens (including phenoxy) is 2. The van der Waals surface area contributed by atoms with E-state index in [0.717, 1.165) is 0 Å². The summed E-state index contributed by atoms with van der Waals surface area (Å²) in [5.41, 5.74) is 4.87. The van der Waals surface area contributed by atoms with Crippen LogP contribution in [-0.4, -0.2) is 20.3 Å². The van der Waals surface area contributed by atoms with Crippen LogP contribution in [0.4, 0.5) is 4.39 Å². The number of alkyl halides is 1. The second kappa shape index (κ2) is 4.53. The summed E-state index contributed by atoms with van der Waals surface area (Å²) >= 11 is 0. The molecular weight excluding hydrogens is 221 g/mol. The second-order valence-electron chi connectivity index (χ2n) is 4.51. The highest BCUT2D eigenvalue weighted by Crippen LogP contribution is 2.49. The van der Waals surface area contributed by atoms with Crippen molar-refractivity contribution in [2.45, 2.75) is 31.0 Å². The molecule has 0 amide bonds. The highest BCUT2D eigenvalue weighted by atomic mass is 19.1. The Bertz CT molecular complexity index is 388. The van der Waals surface area contributed by atoms with Gasteiger partial charge in [0.2, 0.25) is 0 Å². The van der Waals surface area contributed by atoms with E-state index in [1.165, 1.54) is 14.2 Å². The summed E-state index contributed by atoms with van der Waals surface area (Å²) in [6.45, 7) is 0. The Morgan fingerprint density at radius 3 is 2.29 bits per heavy atom. The number of nitrogens with two attached hydrogens (primary N) is 1. The summed E-state index contributed by atoms with van der Waals surface area (Å²) in [7, 11) is 3.08. The fourth-order valence-corrected chi connectivity index (χ4v) is 2.55. The molecule has 1 aliphatic rings. The first kappa shape index (κ1) is 12.2. The molecule has 1 aromatic carbocycles. The van der Waals surface area contributed by atoms with Crippen LogP contribution in [0.1, 0.15) is 24.8 Å². The van der Waals surface area contributed by atoms with Crippen LogP contribution in [0.15, 0.2) is 18.2 Å². The minimum Gasteiger partial charge on any atom is -0.496 e. The van der Waals surface area contributed by atoms with Crippen molar-refractivity contribution in [2.75, 3.05) is 14.2 Å².